The quantitative estimate of drug-likeness (QED) is 0.187. The molecule has 14 heteroatoms. The van der Waals surface area contributed by atoms with E-state index < -0.39 is 71.6 Å². The van der Waals surface area contributed by atoms with Crippen molar-refractivity contribution in [3.63, 3.8) is 0 Å². The topological polar surface area (TPSA) is 183 Å². The Morgan fingerprint density at radius 2 is 1.58 bits per heavy atom. The van der Waals surface area contributed by atoms with Gasteiger partial charge in [-0.3, -0.25) is 28.8 Å². The molecule has 1 aromatic carbocycles. The summed E-state index contributed by atoms with van der Waals surface area (Å²) in [6.45, 7) is 16.7. The molecule has 4 N–H and O–H groups in total. The molecule has 53 heavy (non-hydrogen) atoms. The van der Waals surface area contributed by atoms with Crippen molar-refractivity contribution in [1.82, 2.24) is 31.1 Å². The molecule has 0 aromatic heterocycles. The molecule has 1 saturated carbocycles. The summed E-state index contributed by atoms with van der Waals surface area (Å²) in [5, 5.41) is 10.5. The molecule has 2 fully saturated rings. The molecule has 4 unspecified atom stereocenters. The lowest BCUT2D eigenvalue weighted by Gasteiger charge is -2.38. The van der Waals surface area contributed by atoms with Gasteiger partial charge >= 0.3 is 6.09 Å². The number of piperidine rings is 1. The van der Waals surface area contributed by atoms with E-state index in [1.54, 1.807) is 51.4 Å². The average Bonchev–Trinajstić information content (AvgIpc) is 3.38. The summed E-state index contributed by atoms with van der Waals surface area (Å²) < 4.78 is 5.50. The normalized spacial score (nSPS) is 20.9. The van der Waals surface area contributed by atoms with Gasteiger partial charge in [-0.1, -0.05) is 98.6 Å². The summed E-state index contributed by atoms with van der Waals surface area (Å²) in [6.07, 6.45) is 0.259. The highest BCUT2D eigenvalue weighted by atomic mass is 16.6. The van der Waals surface area contributed by atoms with Crippen molar-refractivity contribution in [2.24, 2.45) is 28.6 Å². The summed E-state index contributed by atoms with van der Waals surface area (Å²) in [6, 6.07) is 4.49. The number of likely N-dealkylation sites (N-methyl/N-ethyl adjacent to an activating group) is 1. The molecular formula is C39H60N6O8. The fourth-order valence-electron chi connectivity index (χ4n) is 6.83. The standard InChI is InChI=1S/C39H60N6O8/c1-12-13-19-26(31(47)34(49)40-20-27(46)42-29(35(50)44(10)11)24-17-15-14-16-18-24)41-33(48)30-28-25(39(28,8)9)21-45(30)36(51)32(38(5,6)7)43-37(52)53-23(4)22(2)3/h14-18,22-23,25-26,28-30,32H,12-13,19-21H2,1-11H3,(H,40,49)(H,41,48)(H,42,46)(H,43,52)/t23?,25?,26?,28?,29-,30-,32+/m0/s1. The first-order valence-corrected chi connectivity index (χ1v) is 18.6. The zero-order valence-corrected chi connectivity index (χ0v) is 33.2. The lowest BCUT2D eigenvalue weighted by molar-refractivity contribution is -0.145. The number of nitrogens with zero attached hydrogens (tertiary/aromatic N) is 2. The van der Waals surface area contributed by atoms with Crippen molar-refractivity contribution < 1.29 is 38.3 Å². The van der Waals surface area contributed by atoms with Crippen molar-refractivity contribution in [3.8, 4) is 0 Å². The lowest BCUT2D eigenvalue weighted by Crippen LogP contribution is -2.60. The number of likely N-dealkylation sites (tertiary alicyclic amines) is 1. The first-order valence-electron chi connectivity index (χ1n) is 18.6. The molecule has 294 valence electrons. The number of unbranched alkanes of at least 4 members (excludes halogenated alkanes) is 1. The van der Waals surface area contributed by atoms with Crippen LogP contribution in [0.15, 0.2) is 30.3 Å². The van der Waals surface area contributed by atoms with Crippen LogP contribution in [0.25, 0.3) is 0 Å². The molecule has 3 rings (SSSR count). The Morgan fingerprint density at radius 3 is 2.13 bits per heavy atom. The summed E-state index contributed by atoms with van der Waals surface area (Å²) in [7, 11) is 3.12. The van der Waals surface area contributed by atoms with E-state index in [0.717, 1.165) is 0 Å². The minimum Gasteiger partial charge on any atom is -0.446 e. The highest BCUT2D eigenvalue weighted by Gasteiger charge is 2.70. The molecule has 0 spiro atoms. The van der Waals surface area contributed by atoms with Crippen LogP contribution >= 0.6 is 0 Å². The number of rotatable bonds is 16. The number of amides is 6. The van der Waals surface area contributed by atoms with Gasteiger partial charge in [0.25, 0.3) is 5.91 Å². The van der Waals surface area contributed by atoms with Crippen molar-refractivity contribution in [1.29, 1.82) is 0 Å². The first kappa shape index (κ1) is 42.9. The molecule has 0 bridgehead atoms. The second-order valence-corrected chi connectivity index (χ2v) is 16.6. The number of ketones is 1. The number of hydrogen-bond acceptors (Lipinski definition) is 8. The number of fused-ring (bicyclic) bond motifs is 1. The fraction of sp³-hybridized carbons (Fsp3) is 0.667. The van der Waals surface area contributed by atoms with Crippen LogP contribution in [0.4, 0.5) is 4.79 Å². The van der Waals surface area contributed by atoms with E-state index in [1.807, 2.05) is 55.4 Å². The van der Waals surface area contributed by atoms with Crippen molar-refractivity contribution in [3.05, 3.63) is 35.9 Å². The summed E-state index contributed by atoms with van der Waals surface area (Å²) in [5.74, 6) is -4.14. The Bertz CT molecular complexity index is 1520. The van der Waals surface area contributed by atoms with Crippen LogP contribution in [0.2, 0.25) is 0 Å². The van der Waals surface area contributed by atoms with E-state index in [9.17, 15) is 33.6 Å². The Kier molecular flexibility index (Phi) is 14.2. The Balaban J connectivity index is 1.75. The van der Waals surface area contributed by atoms with E-state index >= 15 is 0 Å². The van der Waals surface area contributed by atoms with Crippen LogP contribution < -0.4 is 21.3 Å². The van der Waals surface area contributed by atoms with Gasteiger partial charge in [-0.15, -0.1) is 0 Å². The van der Waals surface area contributed by atoms with E-state index in [4.69, 9.17) is 4.74 Å². The SMILES string of the molecule is CCCCC(NC(=O)[C@@H]1C2C(CN1C(=O)[C@@H](NC(=O)OC(C)C(C)C)C(C)(C)C)C2(C)C)C(=O)C(=O)NCC(=O)N[C@H](C(=O)N(C)C)c1ccccc1. The van der Waals surface area contributed by atoms with Gasteiger partial charge in [0.15, 0.2) is 0 Å². The smallest absolute Gasteiger partial charge is 0.408 e. The molecule has 1 saturated heterocycles. The number of hydrogen-bond donors (Lipinski definition) is 4. The third-order valence-electron chi connectivity index (χ3n) is 10.6. The van der Waals surface area contributed by atoms with Gasteiger partial charge in [0, 0.05) is 20.6 Å². The number of carbonyl (C=O) groups excluding carboxylic acids is 7. The van der Waals surface area contributed by atoms with E-state index in [1.165, 1.54) is 9.80 Å². The lowest BCUT2D eigenvalue weighted by atomic mass is 9.85. The minimum atomic E-state index is -1.21. The maximum absolute atomic E-state index is 14.2. The van der Waals surface area contributed by atoms with Crippen LogP contribution in [0.3, 0.4) is 0 Å². The van der Waals surface area contributed by atoms with Crippen LogP contribution in [0.5, 0.6) is 0 Å². The molecule has 1 aromatic rings. The molecule has 1 aliphatic heterocycles. The number of benzene rings is 1. The van der Waals surface area contributed by atoms with Gasteiger partial charge in [0.05, 0.1) is 12.6 Å². The van der Waals surface area contributed by atoms with E-state index in [0.29, 0.717) is 24.9 Å². The number of nitrogens with one attached hydrogen (secondary N) is 4. The molecule has 6 amide bonds. The number of carbonyl (C=O) groups is 7. The zero-order valence-electron chi connectivity index (χ0n) is 33.2. The highest BCUT2D eigenvalue weighted by molar-refractivity contribution is 6.38. The summed E-state index contributed by atoms with van der Waals surface area (Å²) in [5.41, 5.74) is -0.422. The van der Waals surface area contributed by atoms with Gasteiger partial charge < -0.3 is 35.8 Å². The molecule has 1 aliphatic carbocycles. The first-order chi connectivity index (χ1) is 24.6. The monoisotopic (exact) mass is 740 g/mol. The number of Topliss-reactive ketones (excluding diaryl/α,β-unsaturated/α-hetero) is 1. The van der Waals surface area contributed by atoms with Gasteiger partial charge in [-0.05, 0) is 47.5 Å². The third kappa shape index (κ3) is 10.6. The predicted octanol–water partition coefficient (Wildman–Crippen LogP) is 2.96. The fourth-order valence-corrected chi connectivity index (χ4v) is 6.83. The summed E-state index contributed by atoms with van der Waals surface area (Å²) >= 11 is 0. The van der Waals surface area contributed by atoms with Crippen LogP contribution in [0, 0.1) is 28.6 Å². The largest absolute Gasteiger partial charge is 0.446 e. The maximum Gasteiger partial charge on any atom is 0.408 e. The second-order valence-electron chi connectivity index (χ2n) is 16.6. The van der Waals surface area contributed by atoms with E-state index in [-0.39, 0.29) is 41.6 Å². The second kappa shape index (κ2) is 17.6. The molecule has 2 aliphatic rings. The molecule has 0 radical (unpaired) electrons. The Labute approximate surface area is 313 Å². The number of alkyl carbamates (subject to hydrolysis) is 1. The Morgan fingerprint density at radius 1 is 0.962 bits per heavy atom. The minimum absolute atomic E-state index is 0.0291. The highest BCUT2D eigenvalue weighted by Crippen LogP contribution is 2.65. The van der Waals surface area contributed by atoms with Crippen molar-refractivity contribution >= 4 is 41.4 Å². The Hall–Kier alpha value is -4.49. The van der Waals surface area contributed by atoms with Crippen molar-refractivity contribution in [2.75, 3.05) is 27.2 Å². The number of ether oxygens (including phenoxy) is 1. The van der Waals surface area contributed by atoms with Crippen LogP contribution in [-0.2, 0) is 33.5 Å². The van der Waals surface area contributed by atoms with E-state index in [2.05, 4.69) is 21.3 Å². The predicted molar refractivity (Wildman–Crippen MR) is 199 cm³/mol. The van der Waals surface area contributed by atoms with Crippen molar-refractivity contribution in [2.45, 2.75) is 112 Å². The molecule has 14 nitrogen and oxygen atoms in total. The molecule has 1 heterocycles. The van der Waals surface area contributed by atoms with Crippen LogP contribution in [0.1, 0.15) is 93.2 Å². The van der Waals surface area contributed by atoms with Gasteiger partial charge in [0.1, 0.15) is 24.2 Å². The maximum atomic E-state index is 14.2. The zero-order chi connectivity index (χ0) is 40.0. The summed E-state index contributed by atoms with van der Waals surface area (Å²) in [4.78, 5) is 96.5. The molecular weight excluding hydrogens is 680 g/mol. The average molecular weight is 741 g/mol. The van der Waals surface area contributed by atoms with Gasteiger partial charge in [-0.2, -0.15) is 0 Å². The van der Waals surface area contributed by atoms with Gasteiger partial charge in [0.2, 0.25) is 29.4 Å². The van der Waals surface area contributed by atoms with Gasteiger partial charge in [-0.25, -0.2) is 4.79 Å². The third-order valence-corrected chi connectivity index (χ3v) is 10.6. The molecule has 7 atom stereocenters. The van der Waals surface area contributed by atoms with Crippen LogP contribution in [-0.4, -0.2) is 103 Å².